The normalized spacial score (nSPS) is 11.5. The first-order valence-electron chi connectivity index (χ1n) is 9.15. The molecule has 1 aromatic heterocycles. The number of hydrogen-bond donors (Lipinski definition) is 1. The van der Waals surface area contributed by atoms with Crippen LogP contribution in [0.15, 0.2) is 60.0 Å². The average Bonchev–Trinajstić information content (AvgIpc) is 3.27. The number of nitrogens with one attached hydrogen (secondary N) is 1. The van der Waals surface area contributed by atoms with E-state index in [1.165, 1.54) is 11.3 Å². The smallest absolute Gasteiger partial charge is 0.358 e. The number of carbonyl (C=O) groups excluding carboxylic acids is 2. The summed E-state index contributed by atoms with van der Waals surface area (Å²) in [4.78, 5) is 28.5. The molecule has 3 rings (SSSR count). The van der Waals surface area contributed by atoms with Crippen molar-refractivity contribution in [3.8, 4) is 16.3 Å². The van der Waals surface area contributed by atoms with Crippen LogP contribution in [0, 0.1) is 0 Å². The third kappa shape index (κ3) is 5.65. The van der Waals surface area contributed by atoms with Crippen LogP contribution in [-0.4, -0.2) is 37.1 Å². The maximum atomic E-state index is 12.2. The van der Waals surface area contributed by atoms with E-state index in [9.17, 15) is 9.59 Å². The molecule has 1 amide bonds. The van der Waals surface area contributed by atoms with Crippen molar-refractivity contribution in [2.45, 2.75) is 12.8 Å². The third-order valence-corrected chi connectivity index (χ3v) is 5.25. The van der Waals surface area contributed by atoms with Gasteiger partial charge in [-0.15, -0.1) is 11.3 Å². The summed E-state index contributed by atoms with van der Waals surface area (Å²) in [5.41, 5.74) is 2.20. The summed E-state index contributed by atoms with van der Waals surface area (Å²) >= 11 is 1.34. The van der Waals surface area contributed by atoms with Crippen LogP contribution < -0.4 is 10.1 Å². The van der Waals surface area contributed by atoms with Crippen molar-refractivity contribution in [1.82, 2.24) is 10.3 Å². The largest absolute Gasteiger partial charge is 0.497 e. The molecule has 0 aliphatic heterocycles. The fraction of sp³-hybridized carbons (Fsp3) is 0.227. The van der Waals surface area contributed by atoms with Gasteiger partial charge in [-0.1, -0.05) is 37.3 Å². The standard InChI is InChI=1S/C22H22N2O4S/c1-15(16-6-4-3-5-7-16)12-23-20(25)13-28-22(26)19-14-29-21(24-19)17-8-10-18(27-2)11-9-17/h3-11,14-15H,12-13H2,1-2H3,(H,23,25)/t15-/m1/s1. The van der Waals surface area contributed by atoms with Gasteiger partial charge in [0.1, 0.15) is 10.8 Å². The van der Waals surface area contributed by atoms with Crippen LogP contribution in [0.1, 0.15) is 28.9 Å². The Morgan fingerprint density at radius 2 is 1.83 bits per heavy atom. The molecule has 0 bridgehead atoms. The Morgan fingerprint density at radius 1 is 1.10 bits per heavy atom. The summed E-state index contributed by atoms with van der Waals surface area (Å²) in [5.74, 6) is -0.0435. The van der Waals surface area contributed by atoms with Gasteiger partial charge in [0.2, 0.25) is 0 Å². The van der Waals surface area contributed by atoms with Gasteiger partial charge in [0.15, 0.2) is 12.3 Å². The summed E-state index contributed by atoms with van der Waals surface area (Å²) in [6.45, 7) is 2.16. The lowest BCUT2D eigenvalue weighted by Crippen LogP contribution is -2.31. The molecule has 0 saturated carbocycles. The van der Waals surface area contributed by atoms with Gasteiger partial charge >= 0.3 is 5.97 Å². The summed E-state index contributed by atoms with van der Waals surface area (Å²) in [6.07, 6.45) is 0. The molecule has 2 aromatic carbocycles. The zero-order valence-corrected chi connectivity index (χ0v) is 17.1. The molecule has 0 fully saturated rings. The van der Waals surface area contributed by atoms with Gasteiger partial charge in [0.05, 0.1) is 7.11 Å². The Bertz CT molecular complexity index is 954. The number of methoxy groups -OCH3 is 1. The Labute approximate surface area is 173 Å². The van der Waals surface area contributed by atoms with Gasteiger partial charge in [0.25, 0.3) is 5.91 Å². The van der Waals surface area contributed by atoms with E-state index in [1.807, 2.05) is 61.5 Å². The number of amides is 1. The lowest BCUT2D eigenvalue weighted by atomic mass is 10.0. The quantitative estimate of drug-likeness (QED) is 0.570. The molecule has 0 aliphatic carbocycles. The third-order valence-electron chi connectivity index (χ3n) is 4.36. The second-order valence-electron chi connectivity index (χ2n) is 6.46. The SMILES string of the molecule is COc1ccc(-c2nc(C(=O)OCC(=O)NC[C@@H](C)c3ccccc3)cs2)cc1. The number of aromatic nitrogens is 1. The number of ether oxygens (including phenoxy) is 2. The first kappa shape index (κ1) is 20.5. The number of nitrogens with zero attached hydrogens (tertiary/aromatic N) is 1. The van der Waals surface area contributed by atoms with Crippen LogP contribution in [0.5, 0.6) is 5.75 Å². The highest BCUT2D eigenvalue weighted by atomic mass is 32.1. The van der Waals surface area contributed by atoms with Crippen molar-refractivity contribution in [2.24, 2.45) is 0 Å². The van der Waals surface area contributed by atoms with Crippen molar-refractivity contribution >= 4 is 23.2 Å². The van der Waals surface area contributed by atoms with E-state index in [1.54, 1.807) is 12.5 Å². The minimum atomic E-state index is -0.618. The zero-order valence-electron chi connectivity index (χ0n) is 16.3. The van der Waals surface area contributed by atoms with E-state index in [0.717, 1.165) is 16.9 Å². The van der Waals surface area contributed by atoms with E-state index in [2.05, 4.69) is 10.3 Å². The van der Waals surface area contributed by atoms with Gasteiger partial charge in [-0.3, -0.25) is 4.79 Å². The molecular weight excluding hydrogens is 388 g/mol. The number of esters is 1. The van der Waals surface area contributed by atoms with Crippen molar-refractivity contribution in [1.29, 1.82) is 0 Å². The predicted molar refractivity (Wildman–Crippen MR) is 112 cm³/mol. The monoisotopic (exact) mass is 410 g/mol. The minimum Gasteiger partial charge on any atom is -0.497 e. The van der Waals surface area contributed by atoms with Gasteiger partial charge in [-0.05, 0) is 35.7 Å². The topological polar surface area (TPSA) is 77.5 Å². The van der Waals surface area contributed by atoms with Gasteiger partial charge < -0.3 is 14.8 Å². The van der Waals surface area contributed by atoms with E-state index in [-0.39, 0.29) is 24.1 Å². The number of benzene rings is 2. The molecule has 0 saturated heterocycles. The second kappa shape index (κ2) is 9.84. The van der Waals surface area contributed by atoms with E-state index in [0.29, 0.717) is 11.6 Å². The molecule has 7 heteroatoms. The van der Waals surface area contributed by atoms with Crippen LogP contribution in [0.4, 0.5) is 0 Å². The van der Waals surface area contributed by atoms with Crippen LogP contribution in [-0.2, 0) is 9.53 Å². The fourth-order valence-electron chi connectivity index (χ4n) is 2.66. The molecule has 1 atom stereocenters. The molecule has 150 valence electrons. The lowest BCUT2D eigenvalue weighted by molar-refractivity contribution is -0.124. The van der Waals surface area contributed by atoms with Gasteiger partial charge in [0, 0.05) is 17.5 Å². The van der Waals surface area contributed by atoms with Crippen molar-refractivity contribution in [2.75, 3.05) is 20.3 Å². The molecule has 6 nitrogen and oxygen atoms in total. The molecule has 0 radical (unpaired) electrons. The van der Waals surface area contributed by atoms with Crippen LogP contribution in [0.3, 0.4) is 0 Å². The number of rotatable bonds is 8. The van der Waals surface area contributed by atoms with E-state index in [4.69, 9.17) is 9.47 Å². The van der Waals surface area contributed by atoms with Crippen LogP contribution >= 0.6 is 11.3 Å². The summed E-state index contributed by atoms with van der Waals surface area (Å²) < 4.78 is 10.2. The maximum Gasteiger partial charge on any atom is 0.358 e. The molecule has 1 N–H and O–H groups in total. The second-order valence-corrected chi connectivity index (χ2v) is 7.32. The summed E-state index contributed by atoms with van der Waals surface area (Å²) in [7, 11) is 1.60. The van der Waals surface area contributed by atoms with E-state index >= 15 is 0 Å². The minimum absolute atomic E-state index is 0.168. The molecular formula is C22H22N2O4S. The first-order chi connectivity index (χ1) is 14.1. The first-order valence-corrected chi connectivity index (χ1v) is 10.0. The van der Waals surface area contributed by atoms with Crippen LogP contribution in [0.25, 0.3) is 10.6 Å². The van der Waals surface area contributed by atoms with Crippen molar-refractivity contribution in [3.05, 3.63) is 71.2 Å². The highest BCUT2D eigenvalue weighted by molar-refractivity contribution is 7.13. The highest BCUT2D eigenvalue weighted by Crippen LogP contribution is 2.26. The number of thiazole rings is 1. The molecule has 1 heterocycles. The van der Waals surface area contributed by atoms with Crippen molar-refractivity contribution in [3.63, 3.8) is 0 Å². The fourth-order valence-corrected chi connectivity index (χ4v) is 3.45. The Morgan fingerprint density at radius 3 is 2.52 bits per heavy atom. The Balaban J connectivity index is 1.47. The highest BCUT2D eigenvalue weighted by Gasteiger charge is 2.15. The van der Waals surface area contributed by atoms with Crippen molar-refractivity contribution < 1.29 is 19.1 Å². The van der Waals surface area contributed by atoms with E-state index < -0.39 is 5.97 Å². The van der Waals surface area contributed by atoms with Gasteiger partial charge in [-0.2, -0.15) is 0 Å². The maximum absolute atomic E-state index is 12.2. The predicted octanol–water partition coefficient (Wildman–Crippen LogP) is 3.90. The molecule has 29 heavy (non-hydrogen) atoms. The molecule has 0 spiro atoms. The van der Waals surface area contributed by atoms with Crippen LogP contribution in [0.2, 0.25) is 0 Å². The molecule has 0 aliphatic rings. The zero-order chi connectivity index (χ0) is 20.6. The number of carbonyl (C=O) groups is 2. The lowest BCUT2D eigenvalue weighted by Gasteiger charge is -2.13. The Hall–Kier alpha value is -3.19. The Kier molecular flexibility index (Phi) is 6.97. The average molecular weight is 410 g/mol. The molecule has 0 unspecified atom stereocenters. The molecule has 3 aromatic rings. The number of hydrogen-bond acceptors (Lipinski definition) is 6. The summed E-state index contributed by atoms with van der Waals surface area (Å²) in [5, 5.41) is 5.10. The summed E-state index contributed by atoms with van der Waals surface area (Å²) in [6, 6.07) is 17.3. The van der Waals surface area contributed by atoms with Gasteiger partial charge in [-0.25, -0.2) is 9.78 Å².